The third kappa shape index (κ3) is 3.92. The third-order valence-corrected chi connectivity index (χ3v) is 4.37. The van der Waals surface area contributed by atoms with E-state index in [9.17, 15) is 0 Å². The van der Waals surface area contributed by atoms with E-state index in [1.54, 1.807) is 6.07 Å². The van der Waals surface area contributed by atoms with Gasteiger partial charge in [-0.1, -0.05) is 23.2 Å². The zero-order valence-corrected chi connectivity index (χ0v) is 13.6. The van der Waals surface area contributed by atoms with Crippen molar-refractivity contribution < 1.29 is 0 Å². The number of rotatable bonds is 4. The van der Waals surface area contributed by atoms with Gasteiger partial charge in [0.05, 0.1) is 21.4 Å². The summed E-state index contributed by atoms with van der Waals surface area (Å²) in [4.78, 5) is 6.97. The van der Waals surface area contributed by atoms with Crippen molar-refractivity contribution in [2.75, 3.05) is 64.0 Å². The van der Waals surface area contributed by atoms with Gasteiger partial charge in [0.2, 0.25) is 0 Å². The number of benzene rings is 1. The summed E-state index contributed by atoms with van der Waals surface area (Å²) in [5.74, 6) is 0. The van der Waals surface area contributed by atoms with Gasteiger partial charge in [-0.25, -0.2) is 0 Å². The fourth-order valence-electron chi connectivity index (χ4n) is 2.38. The van der Waals surface area contributed by atoms with Crippen LogP contribution < -0.4 is 10.6 Å². The van der Waals surface area contributed by atoms with Crippen molar-refractivity contribution in [2.45, 2.75) is 0 Å². The summed E-state index contributed by atoms with van der Waals surface area (Å²) in [7, 11) is 4.21. The van der Waals surface area contributed by atoms with Crippen LogP contribution >= 0.6 is 23.2 Å². The predicted molar refractivity (Wildman–Crippen MR) is 88.1 cm³/mol. The van der Waals surface area contributed by atoms with Gasteiger partial charge < -0.3 is 15.5 Å². The van der Waals surface area contributed by atoms with E-state index in [0.717, 1.165) is 45.0 Å². The summed E-state index contributed by atoms with van der Waals surface area (Å²) < 4.78 is 0. The average Bonchev–Trinajstić information content (AvgIpc) is 2.41. The molecule has 1 heterocycles. The van der Waals surface area contributed by atoms with Gasteiger partial charge in [0.15, 0.2) is 0 Å². The predicted octanol–water partition coefficient (Wildman–Crippen LogP) is 2.26. The van der Waals surface area contributed by atoms with Crippen LogP contribution in [0, 0.1) is 0 Å². The van der Waals surface area contributed by atoms with Crippen LogP contribution in [-0.4, -0.2) is 63.2 Å². The lowest BCUT2D eigenvalue weighted by atomic mass is 10.2. The molecule has 4 nitrogen and oxygen atoms in total. The molecule has 0 saturated carbocycles. The molecule has 20 heavy (non-hydrogen) atoms. The maximum absolute atomic E-state index is 6.09. The zero-order valence-electron chi connectivity index (χ0n) is 12.1. The number of hydrogen-bond donors (Lipinski definition) is 1. The SMILES string of the molecule is CN(C)CCN1CCN(c2cc(Cl)c(Cl)cc2N)CC1. The van der Waals surface area contributed by atoms with Crippen molar-refractivity contribution in [3.05, 3.63) is 22.2 Å². The summed E-state index contributed by atoms with van der Waals surface area (Å²) in [6.07, 6.45) is 0. The lowest BCUT2D eigenvalue weighted by molar-refractivity contribution is 0.229. The molecule has 0 bridgehead atoms. The largest absolute Gasteiger partial charge is 0.397 e. The molecule has 0 radical (unpaired) electrons. The highest BCUT2D eigenvalue weighted by molar-refractivity contribution is 6.42. The number of nitrogen functional groups attached to an aromatic ring is 1. The Labute approximate surface area is 131 Å². The Kier molecular flexibility index (Phi) is 5.38. The van der Waals surface area contributed by atoms with Crippen LogP contribution in [0.15, 0.2) is 12.1 Å². The number of likely N-dealkylation sites (N-methyl/N-ethyl adjacent to an activating group) is 1. The first-order chi connectivity index (χ1) is 9.47. The molecule has 2 N–H and O–H groups in total. The Balaban J connectivity index is 1.95. The standard InChI is InChI=1S/C14H22Cl2N4/c1-18(2)3-4-19-5-7-20(8-6-19)14-10-12(16)11(15)9-13(14)17/h9-10H,3-8,17H2,1-2H3. The second-order valence-corrected chi connectivity index (χ2v) is 6.27. The van der Waals surface area contributed by atoms with Gasteiger partial charge in [0.25, 0.3) is 0 Å². The fraction of sp³-hybridized carbons (Fsp3) is 0.571. The minimum Gasteiger partial charge on any atom is -0.397 e. The normalized spacial score (nSPS) is 16.9. The van der Waals surface area contributed by atoms with E-state index in [1.165, 1.54) is 0 Å². The van der Waals surface area contributed by atoms with Crippen LogP contribution in [0.2, 0.25) is 10.0 Å². The van der Waals surface area contributed by atoms with E-state index in [1.807, 2.05) is 6.07 Å². The summed E-state index contributed by atoms with van der Waals surface area (Å²) in [6, 6.07) is 3.60. The van der Waals surface area contributed by atoms with Gasteiger partial charge in [-0.15, -0.1) is 0 Å². The average molecular weight is 317 g/mol. The van der Waals surface area contributed by atoms with Crippen molar-refractivity contribution in [3.63, 3.8) is 0 Å². The minimum absolute atomic E-state index is 0.512. The Morgan fingerprint density at radius 1 is 1.10 bits per heavy atom. The van der Waals surface area contributed by atoms with Crippen molar-refractivity contribution in [1.82, 2.24) is 9.80 Å². The van der Waals surface area contributed by atoms with Gasteiger partial charge >= 0.3 is 0 Å². The molecule has 1 saturated heterocycles. The molecule has 1 aromatic rings. The van der Waals surface area contributed by atoms with E-state index in [0.29, 0.717) is 15.7 Å². The van der Waals surface area contributed by atoms with Crippen LogP contribution in [0.4, 0.5) is 11.4 Å². The topological polar surface area (TPSA) is 35.7 Å². The van der Waals surface area contributed by atoms with E-state index >= 15 is 0 Å². The number of halogens is 2. The number of hydrogen-bond acceptors (Lipinski definition) is 4. The highest BCUT2D eigenvalue weighted by Gasteiger charge is 2.19. The van der Waals surface area contributed by atoms with Crippen LogP contribution in [0.3, 0.4) is 0 Å². The molecular weight excluding hydrogens is 295 g/mol. The molecular formula is C14H22Cl2N4. The first kappa shape index (κ1) is 15.7. The van der Waals surface area contributed by atoms with Gasteiger partial charge in [-0.05, 0) is 26.2 Å². The van der Waals surface area contributed by atoms with Gasteiger partial charge in [0, 0.05) is 39.3 Å². The molecule has 0 unspecified atom stereocenters. The smallest absolute Gasteiger partial charge is 0.0616 e. The monoisotopic (exact) mass is 316 g/mol. The second-order valence-electron chi connectivity index (χ2n) is 5.46. The van der Waals surface area contributed by atoms with E-state index in [4.69, 9.17) is 28.9 Å². The first-order valence-electron chi connectivity index (χ1n) is 6.84. The lowest BCUT2D eigenvalue weighted by Gasteiger charge is -2.37. The van der Waals surface area contributed by atoms with Crippen molar-refractivity contribution in [2.24, 2.45) is 0 Å². The molecule has 1 aromatic carbocycles. The Hall–Kier alpha value is -0.680. The highest BCUT2D eigenvalue weighted by atomic mass is 35.5. The number of piperazine rings is 1. The molecule has 1 aliphatic heterocycles. The van der Waals surface area contributed by atoms with E-state index < -0.39 is 0 Å². The fourth-order valence-corrected chi connectivity index (χ4v) is 2.71. The summed E-state index contributed by atoms with van der Waals surface area (Å²) in [6.45, 7) is 6.23. The van der Waals surface area contributed by atoms with Crippen molar-refractivity contribution in [3.8, 4) is 0 Å². The van der Waals surface area contributed by atoms with Crippen LogP contribution in [0.1, 0.15) is 0 Å². The van der Waals surface area contributed by atoms with Crippen LogP contribution in [0.5, 0.6) is 0 Å². The minimum atomic E-state index is 0.512. The van der Waals surface area contributed by atoms with Crippen molar-refractivity contribution >= 4 is 34.6 Å². The molecule has 0 aromatic heterocycles. The number of nitrogens with zero attached hydrogens (tertiary/aromatic N) is 3. The van der Waals surface area contributed by atoms with Crippen molar-refractivity contribution in [1.29, 1.82) is 0 Å². The molecule has 2 rings (SSSR count). The van der Waals surface area contributed by atoms with E-state index in [2.05, 4.69) is 28.8 Å². The molecule has 1 fully saturated rings. The number of anilines is 2. The Morgan fingerprint density at radius 3 is 2.30 bits per heavy atom. The summed E-state index contributed by atoms with van der Waals surface area (Å²) in [5.41, 5.74) is 7.74. The molecule has 0 amide bonds. The maximum Gasteiger partial charge on any atom is 0.0616 e. The molecule has 6 heteroatoms. The molecule has 0 aliphatic carbocycles. The highest BCUT2D eigenvalue weighted by Crippen LogP contribution is 2.33. The zero-order chi connectivity index (χ0) is 14.7. The number of nitrogens with two attached hydrogens (primary N) is 1. The second kappa shape index (κ2) is 6.85. The first-order valence-corrected chi connectivity index (χ1v) is 7.59. The van der Waals surface area contributed by atoms with Gasteiger partial charge in [0.1, 0.15) is 0 Å². The Bertz CT molecular complexity index is 457. The molecule has 0 atom stereocenters. The quantitative estimate of drug-likeness (QED) is 0.864. The lowest BCUT2D eigenvalue weighted by Crippen LogP contribution is -2.48. The molecule has 1 aliphatic rings. The summed E-state index contributed by atoms with van der Waals surface area (Å²) in [5, 5.41) is 1.07. The molecule has 112 valence electrons. The van der Waals surface area contributed by atoms with Crippen LogP contribution in [0.25, 0.3) is 0 Å². The third-order valence-electron chi connectivity index (χ3n) is 3.65. The van der Waals surface area contributed by atoms with E-state index in [-0.39, 0.29) is 0 Å². The van der Waals surface area contributed by atoms with Gasteiger partial charge in [-0.3, -0.25) is 4.90 Å². The molecule has 0 spiro atoms. The summed E-state index contributed by atoms with van der Waals surface area (Å²) >= 11 is 12.1. The maximum atomic E-state index is 6.09. The Morgan fingerprint density at radius 2 is 1.70 bits per heavy atom. The van der Waals surface area contributed by atoms with Gasteiger partial charge in [-0.2, -0.15) is 0 Å². The van der Waals surface area contributed by atoms with Crippen LogP contribution in [-0.2, 0) is 0 Å².